The number of halogens is 3. The molecule has 0 aliphatic heterocycles. The van der Waals surface area contributed by atoms with Crippen LogP contribution in [0.4, 0.5) is 13.2 Å². The topological polar surface area (TPSA) is 23.5 Å². The highest BCUT2D eigenvalue weighted by Crippen LogP contribution is 2.31. The normalized spacial score (nSPS) is 17.5. The molecule has 5 heteroatoms. The molecule has 112 valence electrons. The molecule has 1 saturated carbocycles. The van der Waals surface area contributed by atoms with E-state index in [-0.39, 0.29) is 12.6 Å². The molecular weight excluding hydrogens is 267 g/mol. The van der Waals surface area contributed by atoms with Crippen LogP contribution in [0.5, 0.6) is 0 Å². The maximum Gasteiger partial charge on any atom is 0.401 e. The van der Waals surface area contributed by atoms with Gasteiger partial charge in [0, 0.05) is 12.6 Å². The van der Waals surface area contributed by atoms with Crippen molar-refractivity contribution in [3.05, 3.63) is 35.4 Å². The Morgan fingerprint density at radius 3 is 2.50 bits per heavy atom. The standard InChI is InChI=1S/C15H20F3NO/c1-11-4-2-3-5-13(11)14(20)8-9-19(12-6-7-12)10-15(16,17)18/h2-5,12,14,20H,6-10H2,1H3. The first-order chi connectivity index (χ1) is 9.37. The summed E-state index contributed by atoms with van der Waals surface area (Å²) in [6.45, 7) is 1.30. The lowest BCUT2D eigenvalue weighted by Crippen LogP contribution is -2.37. The Kier molecular flexibility index (Phi) is 4.70. The number of aliphatic hydroxyl groups is 1. The first-order valence-electron chi connectivity index (χ1n) is 6.91. The molecule has 0 saturated heterocycles. The second kappa shape index (κ2) is 6.14. The highest BCUT2D eigenvalue weighted by molar-refractivity contribution is 5.27. The molecule has 0 aromatic heterocycles. The number of benzene rings is 1. The summed E-state index contributed by atoms with van der Waals surface area (Å²) in [5.41, 5.74) is 1.77. The predicted octanol–water partition coefficient (Wildman–Crippen LogP) is 3.45. The van der Waals surface area contributed by atoms with Gasteiger partial charge in [0.05, 0.1) is 12.6 Å². The molecule has 1 atom stereocenters. The monoisotopic (exact) mass is 287 g/mol. The maximum atomic E-state index is 12.5. The molecule has 1 aliphatic carbocycles. The summed E-state index contributed by atoms with van der Waals surface area (Å²) in [6.07, 6.45) is -2.88. The third-order valence-corrected chi connectivity index (χ3v) is 3.68. The number of aryl methyl sites for hydroxylation is 1. The van der Waals surface area contributed by atoms with Crippen molar-refractivity contribution >= 4 is 0 Å². The Hall–Kier alpha value is -1.07. The summed E-state index contributed by atoms with van der Waals surface area (Å²) >= 11 is 0. The number of hydrogen-bond donors (Lipinski definition) is 1. The van der Waals surface area contributed by atoms with E-state index in [2.05, 4.69) is 0 Å². The third kappa shape index (κ3) is 4.49. The van der Waals surface area contributed by atoms with Crippen LogP contribution in [0.15, 0.2) is 24.3 Å². The zero-order chi connectivity index (χ0) is 14.8. The smallest absolute Gasteiger partial charge is 0.388 e. The van der Waals surface area contributed by atoms with Gasteiger partial charge in [0.1, 0.15) is 0 Å². The van der Waals surface area contributed by atoms with Crippen LogP contribution in [-0.4, -0.2) is 35.3 Å². The molecule has 1 aliphatic rings. The molecule has 0 spiro atoms. The quantitative estimate of drug-likeness (QED) is 0.866. The second-order valence-electron chi connectivity index (χ2n) is 5.48. The molecule has 1 unspecified atom stereocenters. The van der Waals surface area contributed by atoms with Gasteiger partial charge in [0.15, 0.2) is 0 Å². The van der Waals surface area contributed by atoms with Crippen LogP contribution in [0.2, 0.25) is 0 Å². The van der Waals surface area contributed by atoms with Crippen LogP contribution < -0.4 is 0 Å². The van der Waals surface area contributed by atoms with E-state index < -0.39 is 18.8 Å². The lowest BCUT2D eigenvalue weighted by atomic mass is 10.0. The van der Waals surface area contributed by atoms with Gasteiger partial charge in [-0.15, -0.1) is 0 Å². The molecule has 1 aromatic carbocycles. The number of rotatable bonds is 6. The molecule has 20 heavy (non-hydrogen) atoms. The molecule has 2 nitrogen and oxygen atoms in total. The van der Waals surface area contributed by atoms with Gasteiger partial charge < -0.3 is 5.11 Å². The first-order valence-corrected chi connectivity index (χ1v) is 6.91. The first kappa shape index (κ1) is 15.3. The van der Waals surface area contributed by atoms with Crippen molar-refractivity contribution in [2.24, 2.45) is 0 Å². The van der Waals surface area contributed by atoms with Crippen LogP contribution in [0.3, 0.4) is 0 Å². The van der Waals surface area contributed by atoms with E-state index in [0.717, 1.165) is 24.0 Å². The Balaban J connectivity index is 1.91. The van der Waals surface area contributed by atoms with E-state index in [1.54, 1.807) is 0 Å². The van der Waals surface area contributed by atoms with Crippen molar-refractivity contribution in [2.45, 2.75) is 44.5 Å². The lowest BCUT2D eigenvalue weighted by molar-refractivity contribution is -0.147. The Bertz CT molecular complexity index is 443. The van der Waals surface area contributed by atoms with E-state index in [0.29, 0.717) is 6.42 Å². The Labute approximate surface area is 117 Å². The van der Waals surface area contributed by atoms with Gasteiger partial charge in [-0.2, -0.15) is 13.2 Å². The summed E-state index contributed by atoms with van der Waals surface area (Å²) in [5.74, 6) is 0. The number of hydrogen-bond acceptors (Lipinski definition) is 2. The minimum atomic E-state index is -4.17. The summed E-state index contributed by atoms with van der Waals surface area (Å²) in [4.78, 5) is 1.45. The Morgan fingerprint density at radius 1 is 1.30 bits per heavy atom. The lowest BCUT2D eigenvalue weighted by Gasteiger charge is -2.25. The minimum absolute atomic E-state index is 0.0423. The van der Waals surface area contributed by atoms with Crippen molar-refractivity contribution in [3.63, 3.8) is 0 Å². The maximum absolute atomic E-state index is 12.5. The molecule has 0 radical (unpaired) electrons. The van der Waals surface area contributed by atoms with Crippen molar-refractivity contribution in [1.29, 1.82) is 0 Å². The van der Waals surface area contributed by atoms with Crippen LogP contribution in [0.25, 0.3) is 0 Å². The molecule has 0 amide bonds. The largest absolute Gasteiger partial charge is 0.401 e. The highest BCUT2D eigenvalue weighted by Gasteiger charge is 2.37. The van der Waals surface area contributed by atoms with Crippen LogP contribution >= 0.6 is 0 Å². The van der Waals surface area contributed by atoms with E-state index in [4.69, 9.17) is 0 Å². The third-order valence-electron chi connectivity index (χ3n) is 3.68. The van der Waals surface area contributed by atoms with Crippen LogP contribution in [0, 0.1) is 6.92 Å². The molecule has 2 rings (SSSR count). The predicted molar refractivity (Wildman–Crippen MR) is 71.4 cm³/mol. The zero-order valence-corrected chi connectivity index (χ0v) is 11.5. The van der Waals surface area contributed by atoms with Gasteiger partial charge in [-0.25, -0.2) is 0 Å². The van der Waals surface area contributed by atoms with Gasteiger partial charge in [-0.1, -0.05) is 24.3 Å². The number of aliphatic hydroxyl groups excluding tert-OH is 1. The van der Waals surface area contributed by atoms with E-state index >= 15 is 0 Å². The molecule has 0 bridgehead atoms. The van der Waals surface area contributed by atoms with Gasteiger partial charge in [0.2, 0.25) is 0 Å². The van der Waals surface area contributed by atoms with E-state index in [9.17, 15) is 18.3 Å². The molecule has 1 fully saturated rings. The summed E-state index contributed by atoms with van der Waals surface area (Å²) < 4.78 is 37.5. The van der Waals surface area contributed by atoms with Gasteiger partial charge in [0.25, 0.3) is 0 Å². The fourth-order valence-electron chi connectivity index (χ4n) is 2.46. The summed E-state index contributed by atoms with van der Waals surface area (Å²) in [5, 5.41) is 10.1. The number of alkyl halides is 3. The van der Waals surface area contributed by atoms with Crippen molar-refractivity contribution in [2.75, 3.05) is 13.1 Å². The zero-order valence-electron chi connectivity index (χ0n) is 11.5. The molecule has 1 aromatic rings. The van der Waals surface area contributed by atoms with Gasteiger partial charge in [-0.05, 0) is 37.3 Å². The minimum Gasteiger partial charge on any atom is -0.388 e. The average molecular weight is 287 g/mol. The molecular formula is C15H20F3NO. The fraction of sp³-hybridized carbons (Fsp3) is 0.600. The summed E-state index contributed by atoms with van der Waals surface area (Å²) in [7, 11) is 0. The van der Waals surface area contributed by atoms with E-state index in [1.807, 2.05) is 31.2 Å². The van der Waals surface area contributed by atoms with Crippen LogP contribution in [-0.2, 0) is 0 Å². The van der Waals surface area contributed by atoms with Crippen molar-refractivity contribution in [1.82, 2.24) is 4.90 Å². The van der Waals surface area contributed by atoms with Gasteiger partial charge >= 0.3 is 6.18 Å². The van der Waals surface area contributed by atoms with E-state index in [1.165, 1.54) is 4.90 Å². The summed E-state index contributed by atoms with van der Waals surface area (Å²) in [6, 6.07) is 7.48. The average Bonchev–Trinajstić information content (AvgIpc) is 3.17. The molecule has 1 N–H and O–H groups in total. The number of nitrogens with zero attached hydrogens (tertiary/aromatic N) is 1. The van der Waals surface area contributed by atoms with Crippen LogP contribution in [0.1, 0.15) is 36.5 Å². The molecule has 0 heterocycles. The van der Waals surface area contributed by atoms with Gasteiger partial charge in [-0.3, -0.25) is 4.90 Å². The highest BCUT2D eigenvalue weighted by atomic mass is 19.4. The fourth-order valence-corrected chi connectivity index (χ4v) is 2.46. The second-order valence-corrected chi connectivity index (χ2v) is 5.48. The Morgan fingerprint density at radius 2 is 1.95 bits per heavy atom. The SMILES string of the molecule is Cc1ccccc1C(O)CCN(CC(F)(F)F)C1CC1. The van der Waals surface area contributed by atoms with Crippen molar-refractivity contribution < 1.29 is 18.3 Å². The van der Waals surface area contributed by atoms with Crippen molar-refractivity contribution in [3.8, 4) is 0 Å².